The first-order valence-corrected chi connectivity index (χ1v) is 6.30. The molecule has 1 saturated heterocycles. The Balaban J connectivity index is 2.22. The van der Waals surface area contributed by atoms with Crippen molar-refractivity contribution in [3.05, 3.63) is 29.8 Å². The molecule has 2 N–H and O–H groups in total. The first kappa shape index (κ1) is 13.5. The smallest absolute Gasteiger partial charge is 0.256 e. The largest absolute Gasteiger partial charge is 0.411 e. The van der Waals surface area contributed by atoms with E-state index in [1.165, 1.54) is 0 Å². The number of ether oxygens (including phenoxy) is 1. The molecule has 5 nitrogen and oxygen atoms in total. The van der Waals surface area contributed by atoms with Crippen molar-refractivity contribution < 1.29 is 14.7 Å². The van der Waals surface area contributed by atoms with E-state index in [9.17, 15) is 4.79 Å². The maximum Gasteiger partial charge on any atom is 0.256 e. The molecule has 1 heterocycles. The lowest BCUT2D eigenvalue weighted by Gasteiger charge is -2.22. The average molecular weight is 262 g/mol. The van der Waals surface area contributed by atoms with Crippen LogP contribution in [0.25, 0.3) is 0 Å². The van der Waals surface area contributed by atoms with Crippen molar-refractivity contribution in [1.29, 1.82) is 0 Å². The van der Waals surface area contributed by atoms with Crippen LogP contribution in [0.1, 0.15) is 32.3 Å². The molecule has 1 unspecified atom stereocenters. The second kappa shape index (κ2) is 5.40. The molecule has 102 valence electrons. The third-order valence-electron chi connectivity index (χ3n) is 3.41. The first-order chi connectivity index (χ1) is 9.07. The van der Waals surface area contributed by atoms with Crippen LogP contribution in [0.2, 0.25) is 0 Å². The maximum absolute atomic E-state index is 12.3. The third kappa shape index (κ3) is 2.76. The van der Waals surface area contributed by atoms with Gasteiger partial charge in [0.15, 0.2) is 0 Å². The number of hydrogen-bond acceptors (Lipinski definition) is 4. The summed E-state index contributed by atoms with van der Waals surface area (Å²) >= 11 is 0. The van der Waals surface area contributed by atoms with Crippen molar-refractivity contribution in [2.45, 2.75) is 32.3 Å². The zero-order valence-electron chi connectivity index (χ0n) is 11.1. The lowest BCUT2D eigenvalue weighted by atomic mass is 10.0. The van der Waals surface area contributed by atoms with Crippen molar-refractivity contribution in [2.75, 3.05) is 11.9 Å². The van der Waals surface area contributed by atoms with E-state index in [2.05, 4.69) is 10.5 Å². The van der Waals surface area contributed by atoms with Gasteiger partial charge in [0.2, 0.25) is 0 Å². The van der Waals surface area contributed by atoms with E-state index in [1.54, 1.807) is 26.0 Å². The van der Waals surface area contributed by atoms with Crippen LogP contribution in [0.15, 0.2) is 29.4 Å². The molecule has 0 bridgehead atoms. The van der Waals surface area contributed by atoms with Crippen molar-refractivity contribution in [3.8, 4) is 0 Å². The van der Waals surface area contributed by atoms with Gasteiger partial charge in [-0.05, 0) is 32.8 Å². The molecule has 1 aliphatic rings. The van der Waals surface area contributed by atoms with Gasteiger partial charge in [0.05, 0.1) is 11.4 Å². The molecular weight excluding hydrogens is 244 g/mol. The number of para-hydroxylation sites is 1. The Morgan fingerprint density at radius 3 is 2.84 bits per heavy atom. The van der Waals surface area contributed by atoms with Gasteiger partial charge in [0.25, 0.3) is 5.91 Å². The highest BCUT2D eigenvalue weighted by atomic mass is 16.5. The minimum Gasteiger partial charge on any atom is -0.411 e. The van der Waals surface area contributed by atoms with Crippen molar-refractivity contribution >= 4 is 17.3 Å². The summed E-state index contributed by atoms with van der Waals surface area (Å²) in [5.74, 6) is -0.164. The fourth-order valence-electron chi connectivity index (χ4n) is 2.17. The minimum atomic E-state index is -0.766. The molecular formula is C14H18N2O3. The van der Waals surface area contributed by atoms with E-state index in [0.717, 1.165) is 6.42 Å². The number of benzene rings is 1. The molecule has 1 amide bonds. The van der Waals surface area contributed by atoms with E-state index in [1.807, 2.05) is 12.1 Å². The number of carbonyl (C=O) groups excluding carboxylic acids is 1. The number of anilines is 1. The fourth-order valence-corrected chi connectivity index (χ4v) is 2.17. The molecule has 19 heavy (non-hydrogen) atoms. The highest BCUT2D eigenvalue weighted by Gasteiger charge is 2.37. The van der Waals surface area contributed by atoms with Gasteiger partial charge < -0.3 is 15.3 Å². The molecule has 0 saturated carbocycles. The lowest BCUT2D eigenvalue weighted by Crippen LogP contribution is -2.39. The van der Waals surface area contributed by atoms with Crippen LogP contribution in [0.5, 0.6) is 0 Å². The second-order valence-corrected chi connectivity index (χ2v) is 4.87. The standard InChI is InChI=1S/C14H18N2O3/c1-10(16-18)11-6-3-4-7-12(11)15-13(17)14(2)8-5-9-19-14/h3-4,6-7,18H,5,8-9H2,1-2H3,(H,15,17). The monoisotopic (exact) mass is 262 g/mol. The van der Waals surface area contributed by atoms with Crippen LogP contribution in [0.4, 0.5) is 5.69 Å². The van der Waals surface area contributed by atoms with E-state index in [4.69, 9.17) is 9.94 Å². The molecule has 0 aromatic heterocycles. The summed E-state index contributed by atoms with van der Waals surface area (Å²) in [4.78, 5) is 12.3. The van der Waals surface area contributed by atoms with E-state index in [0.29, 0.717) is 30.0 Å². The van der Waals surface area contributed by atoms with Gasteiger partial charge in [-0.25, -0.2) is 0 Å². The summed E-state index contributed by atoms with van der Waals surface area (Å²) in [7, 11) is 0. The zero-order valence-corrected chi connectivity index (χ0v) is 11.1. The molecule has 0 aliphatic carbocycles. The normalized spacial score (nSPS) is 23.4. The molecule has 1 aliphatic heterocycles. The summed E-state index contributed by atoms with van der Waals surface area (Å²) < 4.78 is 5.51. The molecule has 1 fully saturated rings. The van der Waals surface area contributed by atoms with Crippen LogP contribution in [-0.2, 0) is 9.53 Å². The highest BCUT2D eigenvalue weighted by Crippen LogP contribution is 2.27. The van der Waals surface area contributed by atoms with Gasteiger partial charge >= 0.3 is 0 Å². The molecule has 1 aromatic carbocycles. The summed E-state index contributed by atoms with van der Waals surface area (Å²) in [5, 5.41) is 14.9. The Hall–Kier alpha value is -1.88. The van der Waals surface area contributed by atoms with Gasteiger partial charge in [0.1, 0.15) is 5.60 Å². The minimum absolute atomic E-state index is 0.164. The van der Waals surface area contributed by atoms with Gasteiger partial charge in [-0.3, -0.25) is 4.79 Å². The third-order valence-corrected chi connectivity index (χ3v) is 3.41. The first-order valence-electron chi connectivity index (χ1n) is 6.30. The number of rotatable bonds is 3. The van der Waals surface area contributed by atoms with Crippen LogP contribution < -0.4 is 5.32 Å². The maximum atomic E-state index is 12.3. The Labute approximate surface area is 112 Å². The summed E-state index contributed by atoms with van der Waals surface area (Å²) in [6, 6.07) is 7.22. The molecule has 1 atom stereocenters. The summed E-state index contributed by atoms with van der Waals surface area (Å²) in [5.41, 5.74) is 1.00. The van der Waals surface area contributed by atoms with Crippen molar-refractivity contribution in [2.24, 2.45) is 5.16 Å². The van der Waals surface area contributed by atoms with Crippen molar-refractivity contribution in [3.63, 3.8) is 0 Å². The highest BCUT2D eigenvalue weighted by molar-refractivity contribution is 6.07. The number of amides is 1. The summed E-state index contributed by atoms with van der Waals surface area (Å²) in [6.45, 7) is 4.09. The van der Waals surface area contributed by atoms with Crippen molar-refractivity contribution in [1.82, 2.24) is 0 Å². The average Bonchev–Trinajstić information content (AvgIpc) is 2.87. The van der Waals surface area contributed by atoms with E-state index in [-0.39, 0.29) is 5.91 Å². The van der Waals surface area contributed by atoms with Gasteiger partial charge in [-0.1, -0.05) is 23.4 Å². The van der Waals surface area contributed by atoms with Gasteiger partial charge in [0, 0.05) is 12.2 Å². The number of carbonyl (C=O) groups is 1. The zero-order chi connectivity index (χ0) is 13.9. The van der Waals surface area contributed by atoms with Crippen LogP contribution in [0.3, 0.4) is 0 Å². The van der Waals surface area contributed by atoms with E-state index < -0.39 is 5.60 Å². The Kier molecular flexibility index (Phi) is 3.85. The SMILES string of the molecule is CC(=NO)c1ccccc1NC(=O)C1(C)CCCO1. The van der Waals surface area contributed by atoms with Gasteiger partial charge in [-0.15, -0.1) is 0 Å². The number of oxime groups is 1. The van der Waals surface area contributed by atoms with Crippen LogP contribution in [-0.4, -0.2) is 29.0 Å². The molecule has 0 spiro atoms. The predicted molar refractivity (Wildman–Crippen MR) is 72.7 cm³/mol. The molecule has 0 radical (unpaired) electrons. The Morgan fingerprint density at radius 2 is 2.21 bits per heavy atom. The quantitative estimate of drug-likeness (QED) is 0.499. The van der Waals surface area contributed by atoms with E-state index >= 15 is 0 Å². The number of hydrogen-bond donors (Lipinski definition) is 2. The van der Waals surface area contributed by atoms with Gasteiger partial charge in [-0.2, -0.15) is 0 Å². The Bertz CT molecular complexity index is 505. The lowest BCUT2D eigenvalue weighted by molar-refractivity contribution is -0.133. The summed E-state index contributed by atoms with van der Waals surface area (Å²) in [6.07, 6.45) is 1.61. The fraction of sp³-hybridized carbons (Fsp3) is 0.429. The molecule has 5 heteroatoms. The number of nitrogens with one attached hydrogen (secondary N) is 1. The predicted octanol–water partition coefficient (Wildman–Crippen LogP) is 2.39. The van der Waals surface area contributed by atoms with Crippen LogP contribution >= 0.6 is 0 Å². The topological polar surface area (TPSA) is 70.9 Å². The number of nitrogens with zero attached hydrogens (tertiary/aromatic N) is 1. The molecule has 2 rings (SSSR count). The second-order valence-electron chi connectivity index (χ2n) is 4.87. The van der Waals surface area contributed by atoms with Crippen LogP contribution in [0, 0.1) is 0 Å². The Morgan fingerprint density at radius 1 is 1.47 bits per heavy atom. The molecule has 1 aromatic rings.